The summed E-state index contributed by atoms with van der Waals surface area (Å²) in [7, 11) is 0. The number of nitrogens with zero attached hydrogens (tertiary/aromatic N) is 1. The Hall–Kier alpha value is -4.41. The Balaban J connectivity index is 1.54. The number of carbonyl (C=O) groups is 2. The van der Waals surface area contributed by atoms with Gasteiger partial charge in [0.15, 0.2) is 5.75 Å². The van der Waals surface area contributed by atoms with Gasteiger partial charge in [-0.3, -0.25) is 4.79 Å². The molecule has 0 unspecified atom stereocenters. The molecule has 0 radical (unpaired) electrons. The van der Waals surface area contributed by atoms with E-state index in [-0.39, 0.29) is 28.2 Å². The molecule has 0 saturated carbocycles. The molecule has 0 fully saturated rings. The number of esters is 1. The van der Waals surface area contributed by atoms with Crippen LogP contribution in [0.3, 0.4) is 0 Å². The maximum Gasteiger partial charge on any atom is 0.416 e. The molecule has 3 aromatic carbocycles. The molecule has 1 aromatic heterocycles. The van der Waals surface area contributed by atoms with Gasteiger partial charge in [-0.25, -0.2) is 9.78 Å². The number of benzene rings is 3. The van der Waals surface area contributed by atoms with Crippen LogP contribution in [-0.4, -0.2) is 16.9 Å². The van der Waals surface area contributed by atoms with E-state index in [0.717, 1.165) is 48.5 Å². The molecule has 0 bridgehead atoms. The average Bonchev–Trinajstić information content (AvgIpc) is 2.83. The van der Waals surface area contributed by atoms with Gasteiger partial charge in [0.05, 0.1) is 16.7 Å². The molecule has 4 rings (SSSR count). The van der Waals surface area contributed by atoms with Crippen molar-refractivity contribution in [2.45, 2.75) is 12.4 Å². The number of alkyl halides is 6. The minimum atomic E-state index is -4.55. The summed E-state index contributed by atoms with van der Waals surface area (Å²) in [5.41, 5.74) is -1.80. The number of para-hydroxylation sites is 1. The van der Waals surface area contributed by atoms with E-state index in [1.165, 1.54) is 12.1 Å². The van der Waals surface area contributed by atoms with E-state index >= 15 is 0 Å². The van der Waals surface area contributed by atoms with Crippen molar-refractivity contribution >= 4 is 28.6 Å². The first-order valence-corrected chi connectivity index (χ1v) is 10.2. The van der Waals surface area contributed by atoms with E-state index in [1.54, 1.807) is 18.2 Å². The van der Waals surface area contributed by atoms with Crippen molar-refractivity contribution in [1.29, 1.82) is 0 Å². The van der Waals surface area contributed by atoms with Crippen LogP contribution in [0.4, 0.5) is 32.2 Å². The third-order valence-electron chi connectivity index (χ3n) is 5.05. The number of aromatic nitrogens is 1. The number of nitrogens with one attached hydrogen (secondary N) is 1. The van der Waals surface area contributed by atoms with Crippen molar-refractivity contribution in [3.63, 3.8) is 0 Å². The molecule has 4 aromatic rings. The van der Waals surface area contributed by atoms with Crippen molar-refractivity contribution < 1.29 is 40.7 Å². The molecular formula is C25H14F6N2O3. The summed E-state index contributed by atoms with van der Waals surface area (Å²) < 4.78 is 81.7. The molecule has 0 aliphatic carbocycles. The van der Waals surface area contributed by atoms with Gasteiger partial charge in [0.25, 0.3) is 5.91 Å². The fourth-order valence-electron chi connectivity index (χ4n) is 3.23. The largest absolute Gasteiger partial charge is 0.421 e. The van der Waals surface area contributed by atoms with E-state index in [4.69, 9.17) is 4.74 Å². The SMILES string of the molecule is O=C(Nc1ccc2cccc(OC(=O)c3ccc(C(F)(F)F)cc3)c2n1)c1ccc(C(F)(F)F)cc1. The highest BCUT2D eigenvalue weighted by molar-refractivity contribution is 6.04. The monoisotopic (exact) mass is 504 g/mol. The highest BCUT2D eigenvalue weighted by Gasteiger charge is 2.31. The van der Waals surface area contributed by atoms with Crippen molar-refractivity contribution in [3.8, 4) is 5.75 Å². The molecule has 11 heteroatoms. The number of fused-ring (bicyclic) bond motifs is 1. The zero-order valence-electron chi connectivity index (χ0n) is 17.9. The highest BCUT2D eigenvalue weighted by atomic mass is 19.4. The lowest BCUT2D eigenvalue weighted by Gasteiger charge is -2.11. The van der Waals surface area contributed by atoms with Gasteiger partial charge in [-0.2, -0.15) is 26.3 Å². The van der Waals surface area contributed by atoms with Gasteiger partial charge < -0.3 is 10.1 Å². The van der Waals surface area contributed by atoms with Crippen LogP contribution in [0.15, 0.2) is 78.9 Å². The second kappa shape index (κ2) is 9.33. The van der Waals surface area contributed by atoms with Crippen LogP contribution in [-0.2, 0) is 12.4 Å². The standard InChI is InChI=1S/C25H14F6N2O3/c26-24(27,28)17-9-4-15(5-10-17)22(34)33-20-13-8-14-2-1-3-19(21(14)32-20)36-23(35)16-6-11-18(12-7-16)25(29,30)31/h1-13H,(H,32,33,34). The summed E-state index contributed by atoms with van der Waals surface area (Å²) in [5, 5.41) is 2.99. The van der Waals surface area contributed by atoms with E-state index in [9.17, 15) is 35.9 Å². The number of carbonyl (C=O) groups excluding carboxylic acids is 2. The summed E-state index contributed by atoms with van der Waals surface area (Å²) in [4.78, 5) is 29.2. The molecule has 0 saturated heterocycles. The molecule has 0 aliphatic heterocycles. The van der Waals surface area contributed by atoms with Crippen LogP contribution in [0.1, 0.15) is 31.8 Å². The highest BCUT2D eigenvalue weighted by Crippen LogP contribution is 2.31. The van der Waals surface area contributed by atoms with Gasteiger partial charge in [-0.1, -0.05) is 12.1 Å². The first-order valence-electron chi connectivity index (χ1n) is 10.2. The molecule has 36 heavy (non-hydrogen) atoms. The Bertz CT molecular complexity index is 1430. The number of halogens is 6. The van der Waals surface area contributed by atoms with E-state index in [1.807, 2.05) is 0 Å². The smallest absolute Gasteiger partial charge is 0.416 e. The Morgan fingerprint density at radius 3 is 1.81 bits per heavy atom. The Morgan fingerprint density at radius 2 is 1.25 bits per heavy atom. The number of ether oxygens (including phenoxy) is 1. The minimum Gasteiger partial charge on any atom is -0.421 e. The maximum absolute atomic E-state index is 12.7. The molecule has 184 valence electrons. The quantitative estimate of drug-likeness (QED) is 0.190. The van der Waals surface area contributed by atoms with Crippen molar-refractivity contribution in [3.05, 3.63) is 101 Å². The number of hydrogen-bond donors (Lipinski definition) is 1. The predicted molar refractivity (Wildman–Crippen MR) is 118 cm³/mol. The molecule has 1 heterocycles. The average molecular weight is 504 g/mol. The van der Waals surface area contributed by atoms with E-state index in [2.05, 4.69) is 10.3 Å². The van der Waals surface area contributed by atoms with Crippen LogP contribution >= 0.6 is 0 Å². The lowest BCUT2D eigenvalue weighted by Crippen LogP contribution is -2.14. The molecular weight excluding hydrogens is 490 g/mol. The van der Waals surface area contributed by atoms with E-state index in [0.29, 0.717) is 5.39 Å². The maximum atomic E-state index is 12.7. The number of hydrogen-bond acceptors (Lipinski definition) is 4. The molecule has 0 atom stereocenters. The Labute approximate surface area is 199 Å². The first kappa shape index (κ1) is 24.7. The van der Waals surface area contributed by atoms with Crippen LogP contribution in [0.25, 0.3) is 10.9 Å². The number of amides is 1. The minimum absolute atomic E-state index is 0.0111. The van der Waals surface area contributed by atoms with Crippen LogP contribution < -0.4 is 10.1 Å². The number of pyridine rings is 1. The van der Waals surface area contributed by atoms with Crippen molar-refractivity contribution in [2.24, 2.45) is 0 Å². The zero-order chi connectivity index (χ0) is 26.1. The van der Waals surface area contributed by atoms with Crippen LogP contribution in [0, 0.1) is 0 Å². The van der Waals surface area contributed by atoms with Gasteiger partial charge in [0, 0.05) is 10.9 Å². The molecule has 5 nitrogen and oxygen atoms in total. The number of rotatable bonds is 4. The van der Waals surface area contributed by atoms with Crippen LogP contribution in [0.2, 0.25) is 0 Å². The third-order valence-corrected chi connectivity index (χ3v) is 5.05. The number of anilines is 1. The lowest BCUT2D eigenvalue weighted by molar-refractivity contribution is -0.138. The van der Waals surface area contributed by atoms with Crippen LogP contribution in [0.5, 0.6) is 5.75 Å². The third kappa shape index (κ3) is 5.45. The fourth-order valence-corrected chi connectivity index (χ4v) is 3.23. The Kier molecular flexibility index (Phi) is 6.40. The topological polar surface area (TPSA) is 68.3 Å². The molecule has 0 spiro atoms. The van der Waals surface area contributed by atoms with Gasteiger partial charge in [-0.05, 0) is 66.7 Å². The predicted octanol–water partition coefficient (Wildman–Crippen LogP) is 6.74. The first-order chi connectivity index (χ1) is 16.9. The molecule has 1 N–H and O–H groups in total. The van der Waals surface area contributed by atoms with E-state index < -0.39 is 35.4 Å². The molecule has 1 amide bonds. The van der Waals surface area contributed by atoms with Gasteiger partial charge >= 0.3 is 18.3 Å². The van der Waals surface area contributed by atoms with Crippen molar-refractivity contribution in [1.82, 2.24) is 4.98 Å². The van der Waals surface area contributed by atoms with Crippen molar-refractivity contribution in [2.75, 3.05) is 5.32 Å². The summed E-state index contributed by atoms with van der Waals surface area (Å²) in [6.45, 7) is 0. The summed E-state index contributed by atoms with van der Waals surface area (Å²) in [5.74, 6) is -1.61. The van der Waals surface area contributed by atoms with Gasteiger partial charge in [0.2, 0.25) is 0 Å². The summed E-state index contributed by atoms with van der Waals surface area (Å²) >= 11 is 0. The fraction of sp³-hybridized carbons (Fsp3) is 0.0800. The van der Waals surface area contributed by atoms with Gasteiger partial charge in [0.1, 0.15) is 11.3 Å². The molecule has 0 aliphatic rings. The Morgan fingerprint density at radius 1 is 0.694 bits per heavy atom. The van der Waals surface area contributed by atoms with Gasteiger partial charge in [-0.15, -0.1) is 0 Å². The normalized spacial score (nSPS) is 11.8. The summed E-state index contributed by atoms with van der Waals surface area (Å²) in [6, 6.07) is 14.7. The zero-order valence-corrected chi connectivity index (χ0v) is 17.9. The summed E-state index contributed by atoms with van der Waals surface area (Å²) in [6.07, 6.45) is -9.09. The second-order valence-electron chi connectivity index (χ2n) is 7.52. The lowest BCUT2D eigenvalue weighted by atomic mass is 10.1. The second-order valence-corrected chi connectivity index (χ2v) is 7.52.